The number of rotatable bonds is 12. The minimum Gasteiger partial charge on any atom is -0.444 e. The fraction of sp³-hybridized carbons (Fsp3) is 0.933. The van der Waals surface area contributed by atoms with Crippen molar-refractivity contribution in [1.29, 1.82) is 0 Å². The van der Waals surface area contributed by atoms with Crippen LogP contribution in [0.3, 0.4) is 0 Å². The Bertz CT molecular complexity index is 705. The number of hydrogen-bond donors (Lipinski definition) is 0. The Balaban J connectivity index is 4.13. The maximum atomic E-state index is 11.9. The molecule has 0 saturated carbocycles. The molecule has 0 aromatic rings. The molecule has 9 nitrogen and oxygen atoms in total. The Morgan fingerprint density at radius 3 is 2.04 bits per heavy atom. The normalized spacial score (nSPS) is 16.5. The third kappa shape index (κ3) is 12.5. The van der Waals surface area contributed by atoms with Gasteiger partial charge in [-0.25, -0.2) is 12.6 Å². The predicted octanol–water partition coefficient (Wildman–Crippen LogP) is 1.65. The monoisotopic (exact) mass is 450 g/mol. The molecule has 0 N–H and O–H groups in total. The third-order valence-electron chi connectivity index (χ3n) is 3.11. The maximum Gasteiger partial charge on any atom is 0.307 e. The van der Waals surface area contributed by atoms with E-state index in [9.17, 15) is 25.8 Å². The van der Waals surface area contributed by atoms with Crippen LogP contribution in [0.25, 0.3) is 0 Å². The first kappa shape index (κ1) is 26.4. The van der Waals surface area contributed by atoms with E-state index in [0.29, 0.717) is 19.3 Å². The molecule has 0 heterocycles. The highest BCUT2D eigenvalue weighted by Gasteiger charge is 2.30. The van der Waals surface area contributed by atoms with Gasteiger partial charge < -0.3 is 4.74 Å². The van der Waals surface area contributed by atoms with Crippen molar-refractivity contribution in [1.82, 2.24) is 0 Å². The molecule has 0 saturated heterocycles. The summed E-state index contributed by atoms with van der Waals surface area (Å²) in [5.74, 6) is -0.536. The molecule has 0 bridgehead atoms. The first-order valence-electron chi connectivity index (χ1n) is 8.43. The van der Waals surface area contributed by atoms with Crippen LogP contribution in [0, 0.1) is 0 Å². The Kier molecular flexibility index (Phi) is 10.6. The second kappa shape index (κ2) is 10.8. The molecular weight excluding hydrogens is 420 g/mol. The van der Waals surface area contributed by atoms with Crippen LogP contribution in [-0.2, 0) is 48.9 Å². The van der Waals surface area contributed by atoms with Crippen LogP contribution in [-0.4, -0.2) is 55.5 Å². The molecule has 3 atom stereocenters. The average molecular weight is 451 g/mol. The number of unbranched alkanes of at least 4 members (excludes halogenated alkanes) is 2. The van der Waals surface area contributed by atoms with Crippen LogP contribution < -0.4 is 0 Å². The van der Waals surface area contributed by atoms with E-state index in [1.807, 2.05) is 0 Å². The molecule has 0 aliphatic carbocycles. The van der Waals surface area contributed by atoms with Crippen LogP contribution in [0.5, 0.6) is 0 Å². The molecule has 0 aromatic carbocycles. The van der Waals surface area contributed by atoms with Gasteiger partial charge in [0.1, 0.15) is 0 Å². The third-order valence-corrected chi connectivity index (χ3v) is 7.30. The molecule has 3 unspecified atom stereocenters. The van der Waals surface area contributed by atoms with Crippen molar-refractivity contribution >= 4 is 37.0 Å². The van der Waals surface area contributed by atoms with Crippen molar-refractivity contribution < 1.29 is 38.9 Å². The first-order valence-corrected chi connectivity index (χ1v) is 13.1. The van der Waals surface area contributed by atoms with Gasteiger partial charge in [-0.05, 0) is 47.5 Å². The van der Waals surface area contributed by atoms with Crippen LogP contribution in [0.4, 0.5) is 0 Å². The van der Waals surface area contributed by atoms with Gasteiger partial charge >= 0.3 is 16.1 Å². The first-order chi connectivity index (χ1) is 12.0. The van der Waals surface area contributed by atoms with Crippen molar-refractivity contribution in [2.45, 2.75) is 76.8 Å². The average Bonchev–Trinajstić information content (AvgIpc) is 2.43. The lowest BCUT2D eigenvalue weighted by molar-refractivity contribution is -0.145. The highest BCUT2D eigenvalue weighted by Crippen LogP contribution is 2.17. The second-order valence-electron chi connectivity index (χ2n) is 7.06. The van der Waals surface area contributed by atoms with Crippen LogP contribution in [0.15, 0.2) is 0 Å². The largest absolute Gasteiger partial charge is 0.444 e. The number of hydrogen-bond acceptors (Lipinski definition) is 9. The van der Waals surface area contributed by atoms with Gasteiger partial charge in [0.05, 0.1) is 5.60 Å². The van der Waals surface area contributed by atoms with Gasteiger partial charge in [-0.15, -0.1) is 0 Å². The van der Waals surface area contributed by atoms with Gasteiger partial charge in [-0.1, -0.05) is 6.42 Å². The predicted molar refractivity (Wildman–Crippen MR) is 102 cm³/mol. The standard InChI is InChI=1S/C15H30O9S3/c1-12(27(20,21)24-15(3,4)5)22-14(16)10-8-7-9-11-25(17)23-13(2)26(6,18)19/h12-13H,7-11H2,1-6H3. The SMILES string of the molecule is CC(OS(=O)CCCCCC(=O)OC(C)S(=O)(=O)OC(C)(C)C)S(C)(=O)=O. The molecule has 12 heteroatoms. The van der Waals surface area contributed by atoms with E-state index >= 15 is 0 Å². The van der Waals surface area contributed by atoms with E-state index in [0.717, 1.165) is 6.26 Å². The zero-order valence-electron chi connectivity index (χ0n) is 16.6. The number of sulfone groups is 1. The zero-order valence-corrected chi connectivity index (χ0v) is 19.0. The van der Waals surface area contributed by atoms with E-state index in [2.05, 4.69) is 0 Å². The summed E-state index contributed by atoms with van der Waals surface area (Å²) in [6, 6.07) is 0. The van der Waals surface area contributed by atoms with E-state index in [1.54, 1.807) is 20.8 Å². The van der Waals surface area contributed by atoms with E-state index in [-0.39, 0.29) is 12.2 Å². The fourth-order valence-corrected chi connectivity index (χ4v) is 4.39. The van der Waals surface area contributed by atoms with Gasteiger partial charge in [0, 0.05) is 18.4 Å². The zero-order chi connectivity index (χ0) is 21.5. The number of esters is 1. The molecule has 0 aromatic heterocycles. The summed E-state index contributed by atoms with van der Waals surface area (Å²) in [5.41, 5.74) is -3.49. The lowest BCUT2D eigenvalue weighted by atomic mass is 10.2. The smallest absolute Gasteiger partial charge is 0.307 e. The van der Waals surface area contributed by atoms with Crippen molar-refractivity contribution in [3.8, 4) is 0 Å². The van der Waals surface area contributed by atoms with E-state index in [4.69, 9.17) is 13.1 Å². The molecule has 0 amide bonds. The summed E-state index contributed by atoms with van der Waals surface area (Å²) >= 11 is -1.73. The summed E-state index contributed by atoms with van der Waals surface area (Å²) in [4.78, 5) is 11.7. The van der Waals surface area contributed by atoms with Gasteiger partial charge in [-0.2, -0.15) is 8.42 Å². The second-order valence-corrected chi connectivity index (χ2v) is 12.4. The summed E-state index contributed by atoms with van der Waals surface area (Å²) in [6.07, 6.45) is 2.38. The van der Waals surface area contributed by atoms with Gasteiger partial charge in [0.15, 0.2) is 26.4 Å². The van der Waals surface area contributed by atoms with Crippen molar-refractivity contribution in [2.75, 3.05) is 12.0 Å². The van der Waals surface area contributed by atoms with Gasteiger partial charge in [0.2, 0.25) is 5.44 Å². The highest BCUT2D eigenvalue weighted by atomic mass is 32.2. The van der Waals surface area contributed by atoms with Gasteiger partial charge in [-0.3, -0.25) is 13.2 Å². The lowest BCUT2D eigenvalue weighted by Gasteiger charge is -2.22. The lowest BCUT2D eigenvalue weighted by Crippen LogP contribution is -2.32. The summed E-state index contributed by atoms with van der Waals surface area (Å²) in [6.45, 7) is 7.25. The van der Waals surface area contributed by atoms with Crippen LogP contribution >= 0.6 is 0 Å². The summed E-state index contributed by atoms with van der Waals surface area (Å²) < 4.78 is 72.5. The van der Waals surface area contributed by atoms with E-state index < -0.39 is 53.5 Å². The Labute approximate surface area is 164 Å². The number of carbonyl (C=O) groups is 1. The number of carbonyl (C=O) groups excluding carboxylic acids is 1. The Morgan fingerprint density at radius 2 is 1.56 bits per heavy atom. The van der Waals surface area contributed by atoms with E-state index in [1.165, 1.54) is 13.8 Å². The molecule has 0 radical (unpaired) electrons. The van der Waals surface area contributed by atoms with Crippen molar-refractivity contribution in [3.63, 3.8) is 0 Å². The molecule has 0 aliphatic heterocycles. The Hall–Kier alpha value is -0.560. The van der Waals surface area contributed by atoms with Crippen molar-refractivity contribution in [3.05, 3.63) is 0 Å². The quantitative estimate of drug-likeness (QED) is 0.247. The molecular formula is C15H30O9S3. The van der Waals surface area contributed by atoms with Gasteiger partial charge in [0.25, 0.3) is 0 Å². The number of ether oxygens (including phenoxy) is 1. The maximum absolute atomic E-state index is 11.9. The minimum absolute atomic E-state index is 0.00259. The fourth-order valence-electron chi connectivity index (χ4n) is 1.66. The Morgan fingerprint density at radius 1 is 1.00 bits per heavy atom. The molecule has 0 spiro atoms. The molecule has 162 valence electrons. The molecule has 0 aliphatic rings. The molecule has 27 heavy (non-hydrogen) atoms. The van der Waals surface area contributed by atoms with Crippen molar-refractivity contribution in [2.24, 2.45) is 0 Å². The summed E-state index contributed by atoms with van der Waals surface area (Å²) in [5, 5.41) is 0. The topological polar surface area (TPSA) is 130 Å². The highest BCUT2D eigenvalue weighted by molar-refractivity contribution is 7.91. The van der Waals surface area contributed by atoms with Crippen LogP contribution in [0.1, 0.15) is 60.3 Å². The molecule has 0 fully saturated rings. The molecule has 0 rings (SSSR count). The minimum atomic E-state index is -4.03. The summed E-state index contributed by atoms with van der Waals surface area (Å²) in [7, 11) is -7.45. The van der Waals surface area contributed by atoms with Crippen LogP contribution in [0.2, 0.25) is 0 Å².